The van der Waals surface area contributed by atoms with Gasteiger partial charge >= 0.3 is 0 Å². The lowest BCUT2D eigenvalue weighted by atomic mass is 9.88. The highest BCUT2D eigenvalue weighted by Gasteiger charge is 2.30. The molecule has 0 radical (unpaired) electrons. The maximum absolute atomic E-state index is 6.43. The van der Waals surface area contributed by atoms with E-state index in [1.807, 2.05) is 0 Å². The van der Waals surface area contributed by atoms with E-state index in [0.717, 1.165) is 12.8 Å². The van der Waals surface area contributed by atoms with Gasteiger partial charge in [0.1, 0.15) is 0 Å². The van der Waals surface area contributed by atoms with Crippen LogP contribution in [0.1, 0.15) is 56.6 Å². The molecular weight excluding hydrogens is 194 g/mol. The maximum atomic E-state index is 6.43. The Morgan fingerprint density at radius 1 is 1.12 bits per heavy atom. The summed E-state index contributed by atoms with van der Waals surface area (Å²) < 4.78 is 0. The molecule has 0 saturated heterocycles. The number of aryl methyl sites for hydroxylation is 1. The van der Waals surface area contributed by atoms with Crippen LogP contribution in [-0.2, 0) is 12.0 Å². The van der Waals surface area contributed by atoms with E-state index < -0.39 is 0 Å². The SMILES string of the molecule is CCCCc1ccc(C2(N)CCCC2)cc1. The first kappa shape index (κ1) is 11.7. The monoisotopic (exact) mass is 217 g/mol. The highest BCUT2D eigenvalue weighted by Crippen LogP contribution is 2.36. The van der Waals surface area contributed by atoms with Gasteiger partial charge in [-0.3, -0.25) is 0 Å². The molecule has 1 aromatic carbocycles. The van der Waals surface area contributed by atoms with Crippen molar-refractivity contribution in [3.8, 4) is 0 Å². The number of benzene rings is 1. The van der Waals surface area contributed by atoms with Crippen LogP contribution in [0.3, 0.4) is 0 Å². The highest BCUT2D eigenvalue weighted by molar-refractivity contribution is 5.29. The van der Waals surface area contributed by atoms with Crippen molar-refractivity contribution in [2.75, 3.05) is 0 Å². The summed E-state index contributed by atoms with van der Waals surface area (Å²) in [7, 11) is 0. The summed E-state index contributed by atoms with van der Waals surface area (Å²) >= 11 is 0. The predicted molar refractivity (Wildman–Crippen MR) is 69.4 cm³/mol. The van der Waals surface area contributed by atoms with Crippen molar-refractivity contribution in [3.05, 3.63) is 35.4 Å². The van der Waals surface area contributed by atoms with Gasteiger partial charge in [-0.05, 0) is 36.8 Å². The Bertz CT molecular complexity index is 320. The topological polar surface area (TPSA) is 26.0 Å². The summed E-state index contributed by atoms with van der Waals surface area (Å²) in [4.78, 5) is 0. The van der Waals surface area contributed by atoms with Crippen LogP contribution in [0.25, 0.3) is 0 Å². The smallest absolute Gasteiger partial charge is 0.0409 e. The normalized spacial score (nSPS) is 18.9. The molecule has 88 valence electrons. The number of hydrogen-bond acceptors (Lipinski definition) is 1. The number of rotatable bonds is 4. The fourth-order valence-electron chi connectivity index (χ4n) is 2.68. The molecule has 0 spiro atoms. The lowest BCUT2D eigenvalue weighted by Crippen LogP contribution is -2.32. The van der Waals surface area contributed by atoms with Gasteiger partial charge in [-0.2, -0.15) is 0 Å². The molecule has 2 N–H and O–H groups in total. The Balaban J connectivity index is 2.06. The average molecular weight is 217 g/mol. The molecule has 0 aliphatic heterocycles. The van der Waals surface area contributed by atoms with Crippen LogP contribution in [0.2, 0.25) is 0 Å². The number of hydrogen-bond donors (Lipinski definition) is 1. The van der Waals surface area contributed by atoms with Gasteiger partial charge in [-0.25, -0.2) is 0 Å². The Labute approximate surface area is 99.0 Å². The minimum atomic E-state index is -0.0245. The number of nitrogens with two attached hydrogens (primary N) is 1. The molecule has 1 nitrogen and oxygen atoms in total. The first-order chi connectivity index (χ1) is 7.74. The molecule has 16 heavy (non-hydrogen) atoms. The van der Waals surface area contributed by atoms with Gasteiger partial charge in [0.05, 0.1) is 0 Å². The molecule has 0 atom stereocenters. The molecule has 0 aromatic heterocycles. The Kier molecular flexibility index (Phi) is 3.65. The highest BCUT2D eigenvalue weighted by atomic mass is 14.8. The van der Waals surface area contributed by atoms with Crippen molar-refractivity contribution in [2.45, 2.75) is 57.4 Å². The van der Waals surface area contributed by atoms with Gasteiger partial charge in [0.2, 0.25) is 0 Å². The fraction of sp³-hybridized carbons (Fsp3) is 0.600. The second-order valence-corrected chi connectivity index (χ2v) is 5.16. The standard InChI is InChI=1S/C15H23N/c1-2-3-6-13-7-9-14(10-8-13)15(16)11-4-5-12-15/h7-10H,2-6,11-12,16H2,1H3. The van der Waals surface area contributed by atoms with E-state index in [1.165, 1.54) is 43.2 Å². The van der Waals surface area contributed by atoms with Crippen LogP contribution in [0, 0.1) is 0 Å². The van der Waals surface area contributed by atoms with Crippen molar-refractivity contribution in [1.29, 1.82) is 0 Å². The van der Waals surface area contributed by atoms with E-state index in [-0.39, 0.29) is 5.54 Å². The maximum Gasteiger partial charge on any atom is 0.0409 e. The Morgan fingerprint density at radius 3 is 2.31 bits per heavy atom. The van der Waals surface area contributed by atoms with Crippen molar-refractivity contribution in [2.24, 2.45) is 5.73 Å². The first-order valence-electron chi connectivity index (χ1n) is 6.63. The van der Waals surface area contributed by atoms with Crippen LogP contribution >= 0.6 is 0 Å². The van der Waals surface area contributed by atoms with E-state index in [0.29, 0.717) is 0 Å². The van der Waals surface area contributed by atoms with E-state index in [4.69, 9.17) is 5.73 Å². The quantitative estimate of drug-likeness (QED) is 0.816. The van der Waals surface area contributed by atoms with Crippen LogP contribution in [-0.4, -0.2) is 0 Å². The summed E-state index contributed by atoms with van der Waals surface area (Å²) in [5.41, 5.74) is 9.20. The largest absolute Gasteiger partial charge is 0.321 e. The van der Waals surface area contributed by atoms with Gasteiger partial charge in [0.25, 0.3) is 0 Å². The Hall–Kier alpha value is -0.820. The van der Waals surface area contributed by atoms with Crippen LogP contribution < -0.4 is 5.73 Å². The second kappa shape index (κ2) is 5.01. The summed E-state index contributed by atoms with van der Waals surface area (Å²) in [6.07, 6.45) is 8.63. The molecule has 1 heteroatoms. The summed E-state index contributed by atoms with van der Waals surface area (Å²) in [5.74, 6) is 0. The molecule has 0 bridgehead atoms. The molecule has 1 aliphatic carbocycles. The fourth-order valence-corrected chi connectivity index (χ4v) is 2.68. The van der Waals surface area contributed by atoms with Gasteiger partial charge in [0.15, 0.2) is 0 Å². The molecule has 1 aromatic rings. The minimum absolute atomic E-state index is 0.0245. The summed E-state index contributed by atoms with van der Waals surface area (Å²) in [6.45, 7) is 2.24. The van der Waals surface area contributed by atoms with E-state index >= 15 is 0 Å². The van der Waals surface area contributed by atoms with Crippen molar-refractivity contribution in [1.82, 2.24) is 0 Å². The number of unbranched alkanes of at least 4 members (excludes halogenated alkanes) is 1. The lowest BCUT2D eigenvalue weighted by Gasteiger charge is -2.24. The average Bonchev–Trinajstić information content (AvgIpc) is 2.75. The molecule has 2 rings (SSSR count). The molecule has 0 heterocycles. The van der Waals surface area contributed by atoms with Crippen molar-refractivity contribution >= 4 is 0 Å². The van der Waals surface area contributed by atoms with Crippen LogP contribution in [0.5, 0.6) is 0 Å². The van der Waals surface area contributed by atoms with Gasteiger partial charge < -0.3 is 5.73 Å². The first-order valence-corrected chi connectivity index (χ1v) is 6.63. The predicted octanol–water partition coefficient (Wildman–Crippen LogP) is 3.76. The molecule has 1 fully saturated rings. The van der Waals surface area contributed by atoms with Crippen molar-refractivity contribution in [3.63, 3.8) is 0 Å². The van der Waals surface area contributed by atoms with Crippen LogP contribution in [0.15, 0.2) is 24.3 Å². The minimum Gasteiger partial charge on any atom is -0.321 e. The molecule has 1 aliphatic rings. The van der Waals surface area contributed by atoms with E-state index in [2.05, 4.69) is 31.2 Å². The zero-order chi connectivity index (χ0) is 11.4. The Morgan fingerprint density at radius 2 is 1.75 bits per heavy atom. The van der Waals surface area contributed by atoms with Gasteiger partial charge in [-0.15, -0.1) is 0 Å². The molecule has 0 unspecified atom stereocenters. The van der Waals surface area contributed by atoms with E-state index in [1.54, 1.807) is 0 Å². The molecule has 1 saturated carbocycles. The second-order valence-electron chi connectivity index (χ2n) is 5.16. The lowest BCUT2D eigenvalue weighted by molar-refractivity contribution is 0.461. The van der Waals surface area contributed by atoms with Crippen molar-refractivity contribution < 1.29 is 0 Å². The summed E-state index contributed by atoms with van der Waals surface area (Å²) in [6, 6.07) is 9.02. The molecular formula is C15H23N. The van der Waals surface area contributed by atoms with Crippen LogP contribution in [0.4, 0.5) is 0 Å². The zero-order valence-corrected chi connectivity index (χ0v) is 10.3. The van der Waals surface area contributed by atoms with Gasteiger partial charge in [-0.1, -0.05) is 50.5 Å². The third kappa shape index (κ3) is 2.46. The van der Waals surface area contributed by atoms with E-state index in [9.17, 15) is 0 Å². The molecule has 0 amide bonds. The third-order valence-electron chi connectivity index (χ3n) is 3.84. The zero-order valence-electron chi connectivity index (χ0n) is 10.3. The summed E-state index contributed by atoms with van der Waals surface area (Å²) in [5, 5.41) is 0. The van der Waals surface area contributed by atoms with Gasteiger partial charge in [0, 0.05) is 5.54 Å². The third-order valence-corrected chi connectivity index (χ3v) is 3.84.